The van der Waals surface area contributed by atoms with Crippen molar-refractivity contribution in [1.29, 1.82) is 0 Å². The highest BCUT2D eigenvalue weighted by Gasteiger charge is 2.35. The van der Waals surface area contributed by atoms with E-state index >= 15 is 0 Å². The van der Waals surface area contributed by atoms with Gasteiger partial charge >= 0.3 is 6.03 Å². The highest BCUT2D eigenvalue weighted by molar-refractivity contribution is 6.31. The maximum absolute atomic E-state index is 13.9. The molecule has 3 aromatic rings. The summed E-state index contributed by atoms with van der Waals surface area (Å²) in [4.78, 5) is 29.4. The number of urea groups is 1. The Morgan fingerprint density at radius 3 is 2.62 bits per heavy atom. The SMILES string of the molecule is [C-]#[N+]c1ccc(NC(=O)N2Cc3c(C(N)=O)c(-c4ccc(F)c(Cl)c4)nn3[C@@H](CF)C2)cc1F. The Kier molecular flexibility index (Phi) is 6.17. The summed E-state index contributed by atoms with van der Waals surface area (Å²) in [7, 11) is 0. The first-order chi connectivity index (χ1) is 16.2. The molecule has 4 rings (SSSR count). The van der Waals surface area contributed by atoms with Gasteiger partial charge in [0.2, 0.25) is 5.69 Å². The highest BCUT2D eigenvalue weighted by atomic mass is 35.5. The average Bonchev–Trinajstić information content (AvgIpc) is 3.20. The molecule has 2 aromatic carbocycles. The fourth-order valence-electron chi connectivity index (χ4n) is 3.75. The number of nitrogens with one attached hydrogen (secondary N) is 1. The minimum absolute atomic E-state index is 0.0499. The Bertz CT molecular complexity index is 1350. The summed E-state index contributed by atoms with van der Waals surface area (Å²) in [6.45, 7) is 5.74. The molecule has 3 amide bonds. The maximum Gasteiger partial charge on any atom is 0.322 e. The number of amides is 3. The predicted octanol–water partition coefficient (Wildman–Crippen LogP) is 4.69. The topological polar surface area (TPSA) is 97.6 Å². The number of nitrogens with zero attached hydrogens (tertiary/aromatic N) is 4. The Morgan fingerprint density at radius 1 is 1.24 bits per heavy atom. The number of anilines is 1. The summed E-state index contributed by atoms with van der Waals surface area (Å²) in [5.41, 5.74) is 6.02. The number of hydrogen-bond donors (Lipinski definition) is 2. The van der Waals surface area contributed by atoms with Crippen molar-refractivity contribution < 1.29 is 22.8 Å². The molecular weight excluding hydrogens is 473 g/mol. The van der Waals surface area contributed by atoms with Crippen molar-refractivity contribution in [2.24, 2.45) is 5.73 Å². The lowest BCUT2D eigenvalue weighted by Gasteiger charge is -2.33. The molecule has 1 aliphatic rings. The van der Waals surface area contributed by atoms with Gasteiger partial charge in [0.15, 0.2) is 0 Å². The number of carbonyl (C=O) groups excluding carboxylic acids is 2. The summed E-state index contributed by atoms with van der Waals surface area (Å²) in [6.07, 6.45) is 0. The molecule has 0 radical (unpaired) electrons. The van der Waals surface area contributed by atoms with E-state index in [0.29, 0.717) is 5.56 Å². The number of hydrogen-bond acceptors (Lipinski definition) is 3. The van der Waals surface area contributed by atoms with Gasteiger partial charge in [0.05, 0.1) is 35.4 Å². The number of benzene rings is 2. The van der Waals surface area contributed by atoms with Crippen LogP contribution in [0.25, 0.3) is 16.1 Å². The van der Waals surface area contributed by atoms with Crippen LogP contribution in [0.4, 0.5) is 29.3 Å². The van der Waals surface area contributed by atoms with Gasteiger partial charge in [0.25, 0.3) is 5.91 Å². The third-order valence-electron chi connectivity index (χ3n) is 5.35. The van der Waals surface area contributed by atoms with E-state index < -0.39 is 36.3 Å². The van der Waals surface area contributed by atoms with Crippen LogP contribution in [0.2, 0.25) is 5.02 Å². The zero-order valence-corrected chi connectivity index (χ0v) is 18.1. The first-order valence-electron chi connectivity index (χ1n) is 9.89. The Balaban J connectivity index is 1.69. The number of aromatic nitrogens is 2. The molecule has 12 heteroatoms. The Labute approximate surface area is 196 Å². The molecule has 8 nitrogen and oxygen atoms in total. The van der Waals surface area contributed by atoms with Crippen LogP contribution >= 0.6 is 11.6 Å². The molecule has 3 N–H and O–H groups in total. The fraction of sp³-hybridized carbons (Fsp3) is 0.182. The minimum atomic E-state index is -0.932. The van der Waals surface area contributed by atoms with Crippen molar-refractivity contribution in [1.82, 2.24) is 14.7 Å². The van der Waals surface area contributed by atoms with Gasteiger partial charge < -0.3 is 16.0 Å². The number of fused-ring (bicyclic) bond motifs is 1. The second-order valence-corrected chi connectivity index (χ2v) is 7.91. The first kappa shape index (κ1) is 23.1. The van der Waals surface area contributed by atoms with Crippen molar-refractivity contribution in [2.75, 3.05) is 18.5 Å². The quantitative estimate of drug-likeness (QED) is 0.521. The first-order valence-corrected chi connectivity index (χ1v) is 10.3. The van der Waals surface area contributed by atoms with E-state index in [2.05, 4.69) is 15.3 Å². The van der Waals surface area contributed by atoms with Gasteiger partial charge in [0.1, 0.15) is 24.0 Å². The second kappa shape index (κ2) is 9.07. The van der Waals surface area contributed by atoms with Crippen LogP contribution in [-0.2, 0) is 6.54 Å². The molecule has 1 atom stereocenters. The molecule has 1 aromatic heterocycles. The van der Waals surface area contributed by atoms with E-state index in [4.69, 9.17) is 23.9 Å². The number of carbonyl (C=O) groups is 2. The van der Waals surface area contributed by atoms with Crippen molar-refractivity contribution in [3.63, 3.8) is 0 Å². The number of rotatable bonds is 4. The number of halogens is 4. The number of nitrogens with two attached hydrogens (primary N) is 1. The van der Waals surface area contributed by atoms with Crippen LogP contribution in [0.3, 0.4) is 0 Å². The molecule has 0 spiro atoms. The Morgan fingerprint density at radius 2 is 2.00 bits per heavy atom. The predicted molar refractivity (Wildman–Crippen MR) is 118 cm³/mol. The van der Waals surface area contributed by atoms with E-state index in [1.54, 1.807) is 0 Å². The standard InChI is InChI=1S/C22H16ClF3N6O2/c1-28-17-5-3-12(7-16(17)26)29-22(34)31-9-13(8-24)32-18(10-31)19(21(27)33)20(30-32)11-2-4-15(25)14(23)6-11/h2-7,13H,8-10H2,(H2,27,33)(H,29,34)/t13-/m0/s1. The van der Waals surface area contributed by atoms with Crippen molar-refractivity contribution >= 4 is 34.9 Å². The molecule has 0 bridgehead atoms. The van der Waals surface area contributed by atoms with Crippen LogP contribution in [0, 0.1) is 18.2 Å². The van der Waals surface area contributed by atoms with Crippen LogP contribution in [0.5, 0.6) is 0 Å². The van der Waals surface area contributed by atoms with E-state index in [0.717, 1.165) is 12.1 Å². The fourth-order valence-corrected chi connectivity index (χ4v) is 3.93. The average molecular weight is 489 g/mol. The van der Waals surface area contributed by atoms with E-state index in [9.17, 15) is 22.8 Å². The molecule has 1 aliphatic heterocycles. The summed E-state index contributed by atoms with van der Waals surface area (Å²) in [6, 6.07) is 5.70. The van der Waals surface area contributed by atoms with Crippen LogP contribution in [-0.4, -0.2) is 39.8 Å². The van der Waals surface area contributed by atoms with E-state index in [1.165, 1.54) is 33.8 Å². The smallest absolute Gasteiger partial charge is 0.322 e. The lowest BCUT2D eigenvalue weighted by molar-refractivity contribution is 0.0995. The normalized spacial score (nSPS) is 14.9. The minimum Gasteiger partial charge on any atom is -0.365 e. The summed E-state index contributed by atoms with van der Waals surface area (Å²) in [5.74, 6) is -2.33. The molecule has 34 heavy (non-hydrogen) atoms. The van der Waals surface area contributed by atoms with Gasteiger partial charge in [-0.15, -0.1) is 0 Å². The zero-order valence-electron chi connectivity index (χ0n) is 17.4. The monoisotopic (exact) mass is 488 g/mol. The summed E-state index contributed by atoms with van der Waals surface area (Å²) >= 11 is 5.86. The molecule has 0 saturated heterocycles. The molecule has 0 saturated carbocycles. The highest BCUT2D eigenvalue weighted by Crippen LogP contribution is 2.33. The molecule has 0 unspecified atom stereocenters. The van der Waals surface area contributed by atoms with Crippen LogP contribution in [0.1, 0.15) is 22.1 Å². The molecule has 0 fully saturated rings. The van der Waals surface area contributed by atoms with Gasteiger partial charge in [-0.05, 0) is 30.3 Å². The maximum atomic E-state index is 13.9. The van der Waals surface area contributed by atoms with Crippen molar-refractivity contribution in [3.8, 4) is 11.3 Å². The lowest BCUT2D eigenvalue weighted by atomic mass is 10.0. The van der Waals surface area contributed by atoms with Crippen LogP contribution in [0.15, 0.2) is 36.4 Å². The largest absolute Gasteiger partial charge is 0.365 e. The number of alkyl halides is 1. The van der Waals surface area contributed by atoms with E-state index in [-0.39, 0.29) is 46.4 Å². The van der Waals surface area contributed by atoms with Crippen molar-refractivity contribution in [2.45, 2.75) is 12.6 Å². The molecular formula is C22H16ClF3N6O2. The van der Waals surface area contributed by atoms with Crippen LogP contribution < -0.4 is 11.1 Å². The molecule has 174 valence electrons. The number of primary amides is 1. The third kappa shape index (κ3) is 4.15. The molecule has 2 heterocycles. The van der Waals surface area contributed by atoms with Gasteiger partial charge in [-0.3, -0.25) is 9.48 Å². The third-order valence-corrected chi connectivity index (χ3v) is 5.64. The summed E-state index contributed by atoms with van der Waals surface area (Å²) < 4.78 is 42.7. The molecule has 0 aliphatic carbocycles. The van der Waals surface area contributed by atoms with E-state index in [1.807, 2.05) is 0 Å². The van der Waals surface area contributed by atoms with Gasteiger partial charge in [0, 0.05) is 17.8 Å². The lowest BCUT2D eigenvalue weighted by Crippen LogP contribution is -2.44. The second-order valence-electron chi connectivity index (χ2n) is 7.50. The Hall–Kier alpha value is -4.04. The van der Waals surface area contributed by atoms with Gasteiger partial charge in [-0.25, -0.2) is 22.8 Å². The van der Waals surface area contributed by atoms with Gasteiger partial charge in [-0.1, -0.05) is 17.7 Å². The van der Waals surface area contributed by atoms with Crippen molar-refractivity contribution in [3.05, 3.63) is 75.7 Å². The van der Waals surface area contributed by atoms with Gasteiger partial charge in [-0.2, -0.15) is 5.10 Å². The summed E-state index contributed by atoms with van der Waals surface area (Å²) in [5, 5.41) is 6.63. The zero-order chi connectivity index (χ0) is 24.6.